The first-order chi connectivity index (χ1) is 9.65. The van der Waals surface area contributed by atoms with Gasteiger partial charge in [-0.1, -0.05) is 13.8 Å². The fourth-order valence-corrected chi connectivity index (χ4v) is 1.76. The molecule has 0 radical (unpaired) electrons. The molecule has 0 saturated heterocycles. The van der Waals surface area contributed by atoms with Crippen molar-refractivity contribution in [3.63, 3.8) is 0 Å². The fraction of sp³-hybridized carbons (Fsp3) is 0.462. The first-order valence-corrected chi connectivity index (χ1v) is 6.38. The summed E-state index contributed by atoms with van der Waals surface area (Å²) in [5.41, 5.74) is 0.777. The van der Waals surface area contributed by atoms with E-state index in [0.717, 1.165) is 17.3 Å². The minimum atomic E-state index is 0.359. The lowest BCUT2D eigenvalue weighted by Gasteiger charge is -2.12. The minimum absolute atomic E-state index is 0.359. The van der Waals surface area contributed by atoms with E-state index in [1.54, 1.807) is 25.0 Å². The maximum atomic E-state index is 5.38. The molecule has 0 amide bonds. The van der Waals surface area contributed by atoms with E-state index in [9.17, 15) is 0 Å². The van der Waals surface area contributed by atoms with Crippen LogP contribution in [0, 0.1) is 0 Å². The summed E-state index contributed by atoms with van der Waals surface area (Å²) in [6.45, 7) is 4.73. The van der Waals surface area contributed by atoms with Crippen LogP contribution in [0.25, 0.3) is 5.69 Å². The van der Waals surface area contributed by atoms with Gasteiger partial charge in [-0.25, -0.2) is 0 Å². The number of rotatable bonds is 6. The Hall–Kier alpha value is -2.15. The quantitative estimate of drug-likeness (QED) is 0.854. The van der Waals surface area contributed by atoms with E-state index in [1.165, 1.54) is 0 Å². The van der Waals surface area contributed by atoms with Crippen molar-refractivity contribution in [1.29, 1.82) is 0 Å². The molecular formula is C13H19N5O2. The van der Waals surface area contributed by atoms with Gasteiger partial charge < -0.3 is 14.8 Å². The number of hydrogen-bond donors (Lipinski definition) is 1. The molecule has 1 N–H and O–H groups in total. The second-order valence-corrected chi connectivity index (χ2v) is 4.58. The van der Waals surface area contributed by atoms with Crippen LogP contribution < -0.4 is 14.8 Å². The number of aromatic nitrogens is 4. The number of methoxy groups -OCH3 is 2. The molecule has 0 aliphatic rings. The Kier molecular flexibility index (Phi) is 4.52. The highest BCUT2D eigenvalue weighted by molar-refractivity contribution is 5.50. The second-order valence-electron chi connectivity index (χ2n) is 4.58. The van der Waals surface area contributed by atoms with E-state index in [4.69, 9.17) is 9.47 Å². The number of tetrazole rings is 1. The molecule has 0 aliphatic carbocycles. The fourth-order valence-electron chi connectivity index (χ4n) is 1.76. The van der Waals surface area contributed by atoms with Gasteiger partial charge in [-0.05, 0) is 22.6 Å². The summed E-state index contributed by atoms with van der Waals surface area (Å²) in [5, 5.41) is 15.1. The summed E-state index contributed by atoms with van der Waals surface area (Å²) in [6.07, 6.45) is 0. The van der Waals surface area contributed by atoms with Crippen LogP contribution in [0.5, 0.6) is 11.5 Å². The van der Waals surface area contributed by atoms with E-state index in [-0.39, 0.29) is 0 Å². The number of nitrogens with zero attached hydrogens (tertiary/aromatic N) is 4. The van der Waals surface area contributed by atoms with E-state index in [0.29, 0.717) is 18.3 Å². The topological polar surface area (TPSA) is 74.1 Å². The molecule has 7 nitrogen and oxygen atoms in total. The standard InChI is InChI=1S/C13H19N5O2/c1-9(2)14-8-13-15-16-17-18(13)11-6-5-10(19-3)7-12(11)20-4/h5-7,9,14H,8H2,1-4H3. The summed E-state index contributed by atoms with van der Waals surface area (Å²) in [7, 11) is 3.22. The van der Waals surface area contributed by atoms with E-state index < -0.39 is 0 Å². The Labute approximate surface area is 117 Å². The molecule has 2 rings (SSSR count). The van der Waals surface area contributed by atoms with Crippen molar-refractivity contribution in [3.05, 3.63) is 24.0 Å². The highest BCUT2D eigenvalue weighted by Gasteiger charge is 2.13. The van der Waals surface area contributed by atoms with Gasteiger partial charge in [-0.15, -0.1) is 5.10 Å². The summed E-state index contributed by atoms with van der Waals surface area (Å²) in [6, 6.07) is 5.88. The average Bonchev–Trinajstić information content (AvgIpc) is 2.92. The van der Waals surface area contributed by atoms with Gasteiger partial charge in [0.25, 0.3) is 0 Å². The Morgan fingerprint density at radius 3 is 2.70 bits per heavy atom. The van der Waals surface area contributed by atoms with Crippen molar-refractivity contribution in [2.45, 2.75) is 26.4 Å². The Morgan fingerprint density at radius 2 is 2.05 bits per heavy atom. The van der Waals surface area contributed by atoms with Gasteiger partial charge in [0.1, 0.15) is 17.2 Å². The largest absolute Gasteiger partial charge is 0.497 e. The predicted octanol–water partition coefficient (Wildman–Crippen LogP) is 1.18. The smallest absolute Gasteiger partial charge is 0.170 e. The van der Waals surface area contributed by atoms with Gasteiger partial charge in [0.15, 0.2) is 5.82 Å². The van der Waals surface area contributed by atoms with Crippen LogP contribution in [0.3, 0.4) is 0 Å². The third-order valence-electron chi connectivity index (χ3n) is 2.82. The van der Waals surface area contributed by atoms with Crippen molar-refractivity contribution < 1.29 is 9.47 Å². The van der Waals surface area contributed by atoms with Gasteiger partial charge in [-0.3, -0.25) is 0 Å². The summed E-state index contributed by atoms with van der Waals surface area (Å²) in [5.74, 6) is 2.10. The average molecular weight is 277 g/mol. The third-order valence-corrected chi connectivity index (χ3v) is 2.82. The maximum absolute atomic E-state index is 5.38. The molecule has 0 unspecified atom stereocenters. The molecule has 1 aromatic carbocycles. The van der Waals surface area contributed by atoms with Crippen molar-refractivity contribution in [2.24, 2.45) is 0 Å². The third kappa shape index (κ3) is 3.05. The zero-order valence-electron chi connectivity index (χ0n) is 12.1. The Bertz CT molecular complexity index is 568. The molecule has 0 atom stereocenters. The van der Waals surface area contributed by atoms with Gasteiger partial charge in [0, 0.05) is 12.1 Å². The molecule has 0 fully saturated rings. The maximum Gasteiger partial charge on any atom is 0.170 e. The van der Waals surface area contributed by atoms with Gasteiger partial charge in [0.05, 0.1) is 20.8 Å². The highest BCUT2D eigenvalue weighted by atomic mass is 16.5. The molecule has 0 bridgehead atoms. The van der Waals surface area contributed by atoms with Gasteiger partial charge in [0.2, 0.25) is 0 Å². The van der Waals surface area contributed by atoms with Gasteiger partial charge >= 0.3 is 0 Å². The molecule has 20 heavy (non-hydrogen) atoms. The SMILES string of the molecule is COc1ccc(-n2nnnc2CNC(C)C)c(OC)c1. The second kappa shape index (κ2) is 6.33. The monoisotopic (exact) mass is 277 g/mol. The molecule has 7 heteroatoms. The van der Waals surface area contributed by atoms with Crippen LogP contribution in [0.2, 0.25) is 0 Å². The molecule has 2 aromatic rings. The number of benzene rings is 1. The zero-order chi connectivity index (χ0) is 14.5. The number of nitrogens with one attached hydrogen (secondary N) is 1. The van der Waals surface area contributed by atoms with Crippen molar-refractivity contribution in [1.82, 2.24) is 25.5 Å². The van der Waals surface area contributed by atoms with Crippen molar-refractivity contribution in [2.75, 3.05) is 14.2 Å². The van der Waals surface area contributed by atoms with Crippen molar-refractivity contribution >= 4 is 0 Å². The lowest BCUT2D eigenvalue weighted by atomic mass is 10.2. The minimum Gasteiger partial charge on any atom is -0.497 e. The van der Waals surface area contributed by atoms with E-state index in [1.807, 2.05) is 12.1 Å². The number of ether oxygens (including phenoxy) is 2. The van der Waals surface area contributed by atoms with E-state index in [2.05, 4.69) is 34.7 Å². The van der Waals surface area contributed by atoms with Crippen LogP contribution in [-0.4, -0.2) is 40.5 Å². The molecule has 0 aliphatic heterocycles. The molecule has 108 valence electrons. The Balaban J connectivity index is 2.34. The summed E-state index contributed by atoms with van der Waals surface area (Å²) in [4.78, 5) is 0. The van der Waals surface area contributed by atoms with E-state index >= 15 is 0 Å². The van der Waals surface area contributed by atoms with Gasteiger partial charge in [-0.2, -0.15) is 4.68 Å². The molecule has 1 aromatic heterocycles. The molecule has 0 spiro atoms. The molecule has 0 saturated carbocycles. The highest BCUT2D eigenvalue weighted by Crippen LogP contribution is 2.27. The number of hydrogen-bond acceptors (Lipinski definition) is 6. The van der Waals surface area contributed by atoms with Crippen LogP contribution in [-0.2, 0) is 6.54 Å². The molecule has 1 heterocycles. The summed E-state index contributed by atoms with van der Waals surface area (Å²) >= 11 is 0. The predicted molar refractivity (Wildman–Crippen MR) is 74.2 cm³/mol. The Morgan fingerprint density at radius 1 is 1.25 bits per heavy atom. The first kappa shape index (κ1) is 14.3. The molecular weight excluding hydrogens is 258 g/mol. The lowest BCUT2D eigenvalue weighted by molar-refractivity contribution is 0.392. The first-order valence-electron chi connectivity index (χ1n) is 6.38. The van der Waals surface area contributed by atoms with Crippen LogP contribution in [0.4, 0.5) is 0 Å². The normalized spacial score (nSPS) is 10.8. The summed E-state index contributed by atoms with van der Waals surface area (Å²) < 4.78 is 12.2. The zero-order valence-corrected chi connectivity index (χ0v) is 12.1. The lowest BCUT2D eigenvalue weighted by Crippen LogP contribution is -2.24. The van der Waals surface area contributed by atoms with Crippen LogP contribution >= 0.6 is 0 Å². The van der Waals surface area contributed by atoms with Crippen LogP contribution in [0.15, 0.2) is 18.2 Å². The van der Waals surface area contributed by atoms with Crippen molar-refractivity contribution in [3.8, 4) is 17.2 Å². The van der Waals surface area contributed by atoms with Crippen LogP contribution in [0.1, 0.15) is 19.7 Å².